The van der Waals surface area contributed by atoms with Crippen molar-refractivity contribution in [1.29, 1.82) is 0 Å². The molecule has 1 heterocycles. The van der Waals surface area contributed by atoms with Crippen molar-refractivity contribution in [2.75, 3.05) is 6.54 Å². The summed E-state index contributed by atoms with van der Waals surface area (Å²) in [5.74, 6) is 2.86. The Bertz CT molecular complexity index is 1430. The number of aliphatic imine (C=N–C) groups is 1. The number of allylic oxidation sites excluding steroid dienone is 1. The fourth-order valence-corrected chi connectivity index (χ4v) is 4.09. The lowest BCUT2D eigenvalue weighted by atomic mass is 9.97. The zero-order valence-electron chi connectivity index (χ0n) is 23.6. The quantitative estimate of drug-likeness (QED) is 0.113. The number of halogens is 2. The lowest BCUT2D eigenvalue weighted by Gasteiger charge is -2.28. The Morgan fingerprint density at radius 1 is 1.17 bits per heavy atom. The Morgan fingerprint density at radius 2 is 1.83 bits per heavy atom. The molecule has 0 aromatic heterocycles. The van der Waals surface area contributed by atoms with E-state index in [9.17, 15) is 18.4 Å². The molecular formula is C30H35F2N7O2. The summed E-state index contributed by atoms with van der Waals surface area (Å²) in [6, 6.07) is 9.19. The molecule has 0 radical (unpaired) electrons. The summed E-state index contributed by atoms with van der Waals surface area (Å²) in [5, 5.41) is 6.23. The van der Waals surface area contributed by atoms with Crippen LogP contribution in [0.4, 0.5) is 8.78 Å². The first-order valence-electron chi connectivity index (χ1n) is 13.2. The van der Waals surface area contributed by atoms with Crippen LogP contribution in [0.15, 0.2) is 75.9 Å². The molecule has 216 valence electrons. The molecule has 11 heteroatoms. The number of nitrogens with two attached hydrogens (primary N) is 2. The zero-order chi connectivity index (χ0) is 30.2. The number of amides is 2. The molecule has 0 bridgehead atoms. The fraction of sp³-hybridized carbons (Fsp3) is 0.333. The Kier molecular flexibility index (Phi) is 10.3. The Balaban J connectivity index is 2.04. The van der Waals surface area contributed by atoms with E-state index < -0.39 is 23.6 Å². The van der Waals surface area contributed by atoms with Crippen molar-refractivity contribution in [2.24, 2.45) is 27.1 Å². The third-order valence-corrected chi connectivity index (χ3v) is 6.03. The normalized spacial score (nSPS) is 14.3. The number of hydrogen-bond donors (Lipinski definition) is 4. The van der Waals surface area contributed by atoms with E-state index >= 15 is 0 Å². The van der Waals surface area contributed by atoms with Gasteiger partial charge in [0.2, 0.25) is 0 Å². The number of carbonyl (C=O) groups is 2. The van der Waals surface area contributed by atoms with Gasteiger partial charge in [0, 0.05) is 17.2 Å². The van der Waals surface area contributed by atoms with Crippen molar-refractivity contribution in [2.45, 2.75) is 53.0 Å². The molecule has 6 N–H and O–H groups in total. The van der Waals surface area contributed by atoms with E-state index in [1.165, 1.54) is 4.90 Å². The van der Waals surface area contributed by atoms with Gasteiger partial charge < -0.3 is 11.1 Å². The van der Waals surface area contributed by atoms with Crippen LogP contribution < -0.4 is 22.4 Å². The zero-order valence-corrected chi connectivity index (χ0v) is 23.6. The highest BCUT2D eigenvalue weighted by molar-refractivity contribution is 6.47. The van der Waals surface area contributed by atoms with Crippen LogP contribution in [0.3, 0.4) is 0 Å². The van der Waals surface area contributed by atoms with Gasteiger partial charge in [-0.2, -0.15) is 5.10 Å². The van der Waals surface area contributed by atoms with Gasteiger partial charge in [-0.1, -0.05) is 58.4 Å². The van der Waals surface area contributed by atoms with Gasteiger partial charge in [0.1, 0.15) is 23.2 Å². The van der Waals surface area contributed by atoms with Crippen LogP contribution >= 0.6 is 0 Å². The van der Waals surface area contributed by atoms with E-state index in [1.54, 1.807) is 30.3 Å². The van der Waals surface area contributed by atoms with E-state index in [4.69, 9.17) is 11.6 Å². The second-order valence-corrected chi connectivity index (χ2v) is 10.6. The first kappa shape index (κ1) is 31.0. The molecule has 2 aromatic rings. The number of benzene rings is 2. The number of carbonyl (C=O) groups excluding carboxylic acids is 2. The van der Waals surface area contributed by atoms with E-state index in [0.717, 1.165) is 36.6 Å². The number of hydrogen-bond acceptors (Lipinski definition) is 6. The van der Waals surface area contributed by atoms with Gasteiger partial charge in [-0.3, -0.25) is 14.5 Å². The van der Waals surface area contributed by atoms with Gasteiger partial charge in [-0.25, -0.2) is 25.2 Å². The average molecular weight is 564 g/mol. The summed E-state index contributed by atoms with van der Waals surface area (Å²) in [6.07, 6.45) is 4.01. The summed E-state index contributed by atoms with van der Waals surface area (Å²) in [5.41, 5.74) is 14.5. The standard InChI is InChI=1S/C30H35F2N7O2/c1-5-6-8-24(19-10-12-20(13-11-19)28(40)35-18-25(33)37-38-34)39-26(9-7-14-30(2,3)4)36-27(29(39)41)21-15-22(31)17-23(32)16-21/h10-17,24,38H,5-6,8,18,34H2,1-4H3,(H2,33,37)(H,35,40)/t24-/m1/s1. The van der Waals surface area contributed by atoms with E-state index in [1.807, 2.05) is 27.7 Å². The Morgan fingerprint density at radius 3 is 2.41 bits per heavy atom. The number of rotatable bonds is 10. The van der Waals surface area contributed by atoms with Crippen LogP contribution in [0.1, 0.15) is 74.5 Å². The van der Waals surface area contributed by atoms with Crippen molar-refractivity contribution >= 4 is 23.4 Å². The molecule has 9 nitrogen and oxygen atoms in total. The SMILES string of the molecule is CCCC[C@H](c1ccc(C(=O)NC/C(N)=N/NN)cc1)N1C(=O)C(c2cc(F)cc(F)c2)=NC1=C=C=CC(C)(C)C. The third kappa shape index (κ3) is 8.46. The molecule has 0 spiro atoms. The molecule has 0 unspecified atom stereocenters. The van der Waals surface area contributed by atoms with Crippen molar-refractivity contribution in [3.63, 3.8) is 0 Å². The summed E-state index contributed by atoms with van der Waals surface area (Å²) in [4.78, 5) is 32.3. The van der Waals surface area contributed by atoms with E-state index in [0.29, 0.717) is 12.0 Å². The molecule has 41 heavy (non-hydrogen) atoms. The second-order valence-electron chi connectivity index (χ2n) is 10.6. The van der Waals surface area contributed by atoms with Gasteiger partial charge in [0.25, 0.3) is 11.8 Å². The predicted molar refractivity (Wildman–Crippen MR) is 154 cm³/mol. The molecule has 1 atom stereocenters. The lowest BCUT2D eigenvalue weighted by molar-refractivity contribution is -0.123. The highest BCUT2D eigenvalue weighted by Crippen LogP contribution is 2.34. The van der Waals surface area contributed by atoms with E-state index in [2.05, 4.69) is 32.4 Å². The highest BCUT2D eigenvalue weighted by Gasteiger charge is 2.37. The molecule has 2 aromatic carbocycles. The fourth-order valence-electron chi connectivity index (χ4n) is 4.09. The van der Waals surface area contributed by atoms with E-state index in [-0.39, 0.29) is 40.8 Å². The van der Waals surface area contributed by atoms with Crippen molar-refractivity contribution < 1.29 is 18.4 Å². The number of hydrazine groups is 1. The van der Waals surface area contributed by atoms with Gasteiger partial charge >= 0.3 is 0 Å². The highest BCUT2D eigenvalue weighted by atomic mass is 19.1. The maximum atomic E-state index is 14.1. The smallest absolute Gasteiger partial charge is 0.279 e. The summed E-state index contributed by atoms with van der Waals surface area (Å²) < 4.78 is 28.1. The lowest BCUT2D eigenvalue weighted by Crippen LogP contribution is -2.35. The molecule has 0 saturated carbocycles. The Hall–Kier alpha value is -4.56. The predicted octanol–water partition coefficient (Wildman–Crippen LogP) is 4.19. The van der Waals surface area contributed by atoms with Crippen LogP contribution in [-0.2, 0) is 4.79 Å². The number of amidine groups is 1. The molecule has 3 rings (SSSR count). The number of nitrogens with one attached hydrogen (secondary N) is 2. The molecule has 0 fully saturated rings. The average Bonchev–Trinajstić information content (AvgIpc) is 3.22. The minimum atomic E-state index is -0.814. The van der Waals surface area contributed by atoms with Crippen LogP contribution in [0.25, 0.3) is 0 Å². The molecule has 0 aliphatic carbocycles. The Labute approximate surface area is 238 Å². The molecule has 1 aliphatic rings. The van der Waals surface area contributed by atoms with Crippen LogP contribution in [0, 0.1) is 17.0 Å². The molecule has 1 aliphatic heterocycles. The van der Waals surface area contributed by atoms with Crippen LogP contribution in [0.2, 0.25) is 0 Å². The van der Waals surface area contributed by atoms with Crippen LogP contribution in [0.5, 0.6) is 0 Å². The number of hydrazone groups is 1. The van der Waals surface area contributed by atoms with Crippen molar-refractivity contribution in [3.05, 3.63) is 94.1 Å². The third-order valence-electron chi connectivity index (χ3n) is 6.03. The monoisotopic (exact) mass is 563 g/mol. The van der Waals surface area contributed by atoms with Gasteiger partial charge in [-0.05, 0) is 53.5 Å². The van der Waals surface area contributed by atoms with Crippen molar-refractivity contribution in [3.8, 4) is 0 Å². The molecule has 0 saturated heterocycles. The largest absolute Gasteiger partial charge is 0.384 e. The molecule has 2 amide bonds. The van der Waals surface area contributed by atoms with Gasteiger partial charge in [0.05, 0.1) is 12.6 Å². The first-order chi connectivity index (χ1) is 19.4. The minimum Gasteiger partial charge on any atom is -0.384 e. The summed E-state index contributed by atoms with van der Waals surface area (Å²) in [7, 11) is 0. The maximum Gasteiger partial charge on any atom is 0.279 e. The minimum absolute atomic E-state index is 0.00441. The topological polar surface area (TPSA) is 138 Å². The summed E-state index contributed by atoms with van der Waals surface area (Å²) >= 11 is 0. The van der Waals surface area contributed by atoms with Crippen molar-refractivity contribution in [1.82, 2.24) is 15.8 Å². The maximum absolute atomic E-state index is 14.1. The second kappa shape index (κ2) is 13.7. The molecular weight excluding hydrogens is 528 g/mol. The van der Waals surface area contributed by atoms with Gasteiger partial charge in [0.15, 0.2) is 5.82 Å². The number of unbranched alkanes of at least 4 members (excludes halogenated alkanes) is 1. The number of nitrogens with zero attached hydrogens (tertiary/aromatic N) is 3. The van der Waals surface area contributed by atoms with Crippen LogP contribution in [-0.4, -0.2) is 34.8 Å². The summed E-state index contributed by atoms with van der Waals surface area (Å²) in [6.45, 7) is 8.01. The first-order valence-corrected chi connectivity index (χ1v) is 13.2. The van der Waals surface area contributed by atoms with Gasteiger partial charge in [-0.15, -0.1) is 0 Å².